The molecule has 8 heteroatoms. The fourth-order valence-electron chi connectivity index (χ4n) is 11.5. The predicted octanol–water partition coefficient (Wildman–Crippen LogP) is 24.0. The van der Waals surface area contributed by atoms with Crippen LogP contribution in [0.1, 0.15) is 419 Å². The van der Waals surface area contributed by atoms with Gasteiger partial charge in [0.2, 0.25) is 0 Å². The second-order valence-electron chi connectivity index (χ2n) is 25.8. The Morgan fingerprint density at radius 1 is 0.195 bits per heavy atom. The van der Waals surface area contributed by atoms with Gasteiger partial charge in [-0.05, 0) is 19.3 Å². The van der Waals surface area contributed by atoms with Gasteiger partial charge in [-0.15, -0.1) is 0 Å². The first kappa shape index (κ1) is 79.9. The van der Waals surface area contributed by atoms with Gasteiger partial charge in [0.05, 0.1) is 0 Å². The van der Waals surface area contributed by atoms with E-state index in [9.17, 15) is 19.2 Å². The second-order valence-corrected chi connectivity index (χ2v) is 25.8. The summed E-state index contributed by atoms with van der Waals surface area (Å²) in [5.74, 6) is -1.41. The molecule has 0 saturated carbocycles. The summed E-state index contributed by atoms with van der Waals surface area (Å²) in [4.78, 5) is 52.1. The first-order valence-electron chi connectivity index (χ1n) is 36.9. The van der Waals surface area contributed by atoms with Crippen LogP contribution < -0.4 is 0 Å². The molecule has 0 aromatic heterocycles. The Balaban J connectivity index is 4.81. The predicted molar refractivity (Wildman–Crippen MR) is 351 cm³/mol. The Bertz CT molecular complexity index is 1190. The van der Waals surface area contributed by atoms with E-state index >= 15 is 0 Å². The van der Waals surface area contributed by atoms with E-state index in [4.69, 9.17) is 18.9 Å². The Morgan fingerprint density at radius 3 is 0.476 bits per heavy atom. The Labute approximate surface area is 510 Å². The Hall–Kier alpha value is -2.12. The van der Waals surface area contributed by atoms with Crippen molar-refractivity contribution in [2.24, 2.45) is 5.41 Å². The van der Waals surface area contributed by atoms with Gasteiger partial charge < -0.3 is 18.9 Å². The molecule has 0 saturated heterocycles. The molecule has 0 amide bonds. The third kappa shape index (κ3) is 61.0. The average molecular weight is 1160 g/mol. The molecule has 0 bridgehead atoms. The van der Waals surface area contributed by atoms with E-state index in [1.54, 1.807) is 6.92 Å². The first-order valence-corrected chi connectivity index (χ1v) is 36.9. The minimum Gasteiger partial charge on any atom is -0.465 e. The number of esters is 4. The van der Waals surface area contributed by atoms with E-state index in [0.29, 0.717) is 19.3 Å². The van der Waals surface area contributed by atoms with Gasteiger partial charge in [0.15, 0.2) is 0 Å². The highest BCUT2D eigenvalue weighted by atomic mass is 16.6. The van der Waals surface area contributed by atoms with Crippen LogP contribution in [-0.2, 0) is 38.1 Å². The monoisotopic (exact) mass is 1160 g/mol. The summed E-state index contributed by atoms with van der Waals surface area (Å²) < 4.78 is 23.3. The van der Waals surface area contributed by atoms with Crippen molar-refractivity contribution in [3.63, 3.8) is 0 Å². The fourth-order valence-corrected chi connectivity index (χ4v) is 11.5. The van der Waals surface area contributed by atoms with Gasteiger partial charge in [-0.2, -0.15) is 0 Å². The number of rotatable bonds is 69. The summed E-state index contributed by atoms with van der Waals surface area (Å²) >= 11 is 0. The van der Waals surface area contributed by atoms with Crippen molar-refractivity contribution >= 4 is 23.9 Å². The van der Waals surface area contributed by atoms with Crippen LogP contribution in [0.4, 0.5) is 0 Å². The smallest absolute Gasteiger partial charge is 0.305 e. The molecule has 0 aliphatic rings. The third-order valence-corrected chi connectivity index (χ3v) is 17.4. The summed E-state index contributed by atoms with van der Waals surface area (Å²) in [6, 6.07) is 0. The van der Waals surface area contributed by atoms with Gasteiger partial charge >= 0.3 is 23.9 Å². The lowest BCUT2D eigenvalue weighted by Gasteiger charge is -2.31. The molecule has 0 aliphatic carbocycles. The molecule has 82 heavy (non-hydrogen) atoms. The molecule has 0 spiro atoms. The fraction of sp³-hybridized carbons (Fsp3) is 0.946. The van der Waals surface area contributed by atoms with Crippen molar-refractivity contribution in [1.29, 1.82) is 0 Å². The van der Waals surface area contributed by atoms with E-state index in [0.717, 1.165) is 57.8 Å². The van der Waals surface area contributed by atoms with Crippen molar-refractivity contribution in [3.05, 3.63) is 0 Å². The van der Waals surface area contributed by atoms with Gasteiger partial charge in [0.1, 0.15) is 31.8 Å². The van der Waals surface area contributed by atoms with Crippen molar-refractivity contribution in [2.75, 3.05) is 26.4 Å². The molecule has 0 aromatic carbocycles. The highest BCUT2D eigenvalue weighted by molar-refractivity contribution is 5.71. The number of carbonyl (C=O) groups excluding carboxylic acids is 4. The molecule has 0 atom stereocenters. The minimum absolute atomic E-state index is 0.166. The quantitative estimate of drug-likeness (QED) is 0.0337. The first-order chi connectivity index (χ1) is 40.3. The van der Waals surface area contributed by atoms with Crippen molar-refractivity contribution < 1.29 is 38.1 Å². The number of unbranched alkanes of at least 4 members (excludes halogenated alkanes) is 54. The molecule has 0 fully saturated rings. The summed E-state index contributed by atoms with van der Waals surface area (Å²) in [6.07, 6.45) is 74.8. The summed E-state index contributed by atoms with van der Waals surface area (Å²) in [5, 5.41) is 0. The SMILES string of the molecule is CCCCCCCCCCCCCCCCCCCCCC(=O)OCC(COC(=O)CC)(COC(=O)CCCCCCCCCCCCCCCCCCCCC)COC(=O)CCCCCCCCCCCCCCCCCCCCC. The van der Waals surface area contributed by atoms with Crippen LogP contribution in [0, 0.1) is 5.41 Å². The lowest BCUT2D eigenvalue weighted by atomic mass is 9.92. The molecule has 0 N–H and O–H groups in total. The lowest BCUT2D eigenvalue weighted by molar-refractivity contribution is -0.170. The summed E-state index contributed by atoms with van der Waals surface area (Å²) in [7, 11) is 0. The van der Waals surface area contributed by atoms with E-state index in [-0.39, 0.29) is 50.8 Å². The van der Waals surface area contributed by atoms with Crippen LogP contribution in [0.15, 0.2) is 0 Å². The third-order valence-electron chi connectivity index (χ3n) is 17.4. The molecule has 486 valence electrons. The maximum atomic E-state index is 13.2. The van der Waals surface area contributed by atoms with E-state index in [1.807, 2.05) is 0 Å². The number of carbonyl (C=O) groups is 4. The lowest BCUT2D eigenvalue weighted by Crippen LogP contribution is -2.44. The van der Waals surface area contributed by atoms with Gasteiger partial charge in [-0.1, -0.05) is 374 Å². The standard InChI is InChI=1S/C74H142O8/c1-5-9-12-15-18-21-24-27-30-33-36-39-42-45-48-51-54-57-60-63-71(76)80-67-74(66-79-70(75)8-4,68-81-72(77)64-61-58-55-52-49-46-43-40-37-34-31-28-25-22-19-16-13-10-6-2)69-82-73(78)65-62-59-56-53-50-47-44-41-38-35-32-29-26-23-20-17-14-11-7-3/h5-69H2,1-4H3. The minimum atomic E-state index is -1.19. The molecule has 0 aromatic rings. The van der Waals surface area contributed by atoms with Gasteiger partial charge in [-0.25, -0.2) is 0 Å². The highest BCUT2D eigenvalue weighted by Gasteiger charge is 2.38. The molecule has 0 radical (unpaired) electrons. The molecular formula is C74H142O8. The molecule has 0 heterocycles. The molecule has 8 nitrogen and oxygen atoms in total. The molecule has 0 aliphatic heterocycles. The van der Waals surface area contributed by atoms with E-state index in [2.05, 4.69) is 20.8 Å². The van der Waals surface area contributed by atoms with E-state index < -0.39 is 11.4 Å². The zero-order valence-electron chi connectivity index (χ0n) is 55.7. The summed E-state index contributed by atoms with van der Waals surface area (Å²) in [5.41, 5.74) is -1.19. The Morgan fingerprint density at radius 2 is 0.329 bits per heavy atom. The highest BCUT2D eigenvalue weighted by Crippen LogP contribution is 2.25. The maximum Gasteiger partial charge on any atom is 0.305 e. The zero-order valence-corrected chi connectivity index (χ0v) is 55.7. The summed E-state index contributed by atoms with van der Waals surface area (Å²) in [6.45, 7) is 7.91. The maximum absolute atomic E-state index is 13.2. The van der Waals surface area contributed by atoms with Crippen LogP contribution in [-0.4, -0.2) is 50.3 Å². The van der Waals surface area contributed by atoms with Crippen LogP contribution in [0.2, 0.25) is 0 Å². The van der Waals surface area contributed by atoms with Gasteiger partial charge in [0, 0.05) is 25.7 Å². The van der Waals surface area contributed by atoms with Gasteiger partial charge in [-0.3, -0.25) is 19.2 Å². The normalized spacial score (nSPS) is 11.6. The Kier molecular flexibility index (Phi) is 64.7. The number of hydrogen-bond donors (Lipinski definition) is 0. The van der Waals surface area contributed by atoms with E-state index in [1.165, 1.54) is 308 Å². The van der Waals surface area contributed by atoms with Crippen LogP contribution in [0.5, 0.6) is 0 Å². The largest absolute Gasteiger partial charge is 0.465 e. The van der Waals surface area contributed by atoms with Crippen molar-refractivity contribution in [3.8, 4) is 0 Å². The molecular weight excluding hydrogens is 1020 g/mol. The van der Waals surface area contributed by atoms with Crippen LogP contribution >= 0.6 is 0 Å². The molecule has 0 rings (SSSR count). The van der Waals surface area contributed by atoms with Crippen molar-refractivity contribution in [2.45, 2.75) is 419 Å². The van der Waals surface area contributed by atoms with Crippen LogP contribution in [0.3, 0.4) is 0 Å². The van der Waals surface area contributed by atoms with Crippen LogP contribution in [0.25, 0.3) is 0 Å². The topological polar surface area (TPSA) is 105 Å². The molecule has 0 unspecified atom stereocenters. The van der Waals surface area contributed by atoms with Gasteiger partial charge in [0.25, 0.3) is 0 Å². The van der Waals surface area contributed by atoms with Crippen molar-refractivity contribution in [1.82, 2.24) is 0 Å². The zero-order chi connectivity index (χ0) is 59.6. The average Bonchev–Trinajstić information content (AvgIpc) is 3.52. The number of ether oxygens (including phenoxy) is 4. The second kappa shape index (κ2) is 66.4. The number of hydrogen-bond acceptors (Lipinski definition) is 8.